The number of carboxylic acids is 1. The van der Waals surface area contributed by atoms with Crippen LogP contribution in [0.3, 0.4) is 0 Å². The lowest BCUT2D eigenvalue weighted by atomic mass is 10.1. The summed E-state index contributed by atoms with van der Waals surface area (Å²) in [5, 5.41) is 19.4. The zero-order valence-corrected chi connectivity index (χ0v) is 15.4. The van der Waals surface area contributed by atoms with Gasteiger partial charge in [-0.2, -0.15) is 0 Å². The minimum Gasteiger partial charge on any atom is -0.508 e. The Labute approximate surface area is 155 Å². The van der Waals surface area contributed by atoms with Crippen molar-refractivity contribution in [1.82, 2.24) is 0 Å². The Morgan fingerprint density at radius 2 is 1.80 bits per heavy atom. The normalized spacial score (nSPS) is 16.7. The molecule has 1 aliphatic rings. The molecule has 7 heteroatoms. The molecule has 130 valence electrons. The second-order valence-corrected chi connectivity index (χ2v) is 9.72. The fourth-order valence-corrected chi connectivity index (χ4v) is 6.14. The molecule has 2 aromatic rings. The lowest BCUT2D eigenvalue weighted by Crippen LogP contribution is -2.06. The Morgan fingerprint density at radius 3 is 2.32 bits per heavy atom. The molecule has 0 aromatic heterocycles. The minimum absolute atomic E-state index is 0.0262. The fraction of sp³-hybridized carbons (Fsp3) is 0.167. The van der Waals surface area contributed by atoms with E-state index in [-0.39, 0.29) is 27.0 Å². The SMILES string of the molecule is O=C(O)c1c(Cl)cc(/C=C/P(=O)(c2cccc(O)c2)C2CC2)cc1Cl. The van der Waals surface area contributed by atoms with E-state index in [0.717, 1.165) is 12.8 Å². The van der Waals surface area contributed by atoms with Gasteiger partial charge in [0, 0.05) is 11.0 Å². The van der Waals surface area contributed by atoms with Gasteiger partial charge < -0.3 is 14.8 Å². The number of benzene rings is 2. The Bertz CT molecular complexity index is 896. The third-order valence-electron chi connectivity index (χ3n) is 4.09. The Morgan fingerprint density at radius 1 is 1.16 bits per heavy atom. The number of aromatic carboxylic acids is 1. The summed E-state index contributed by atoms with van der Waals surface area (Å²) in [6, 6.07) is 9.44. The summed E-state index contributed by atoms with van der Waals surface area (Å²) in [6.07, 6.45) is 3.39. The lowest BCUT2D eigenvalue weighted by Gasteiger charge is -2.14. The van der Waals surface area contributed by atoms with Crippen molar-refractivity contribution in [2.24, 2.45) is 0 Å². The first kappa shape index (κ1) is 18.1. The average molecular weight is 397 g/mol. The minimum atomic E-state index is -2.83. The maximum Gasteiger partial charge on any atom is 0.338 e. The van der Waals surface area contributed by atoms with Gasteiger partial charge in [0.1, 0.15) is 12.9 Å². The van der Waals surface area contributed by atoms with Gasteiger partial charge in [-0.3, -0.25) is 0 Å². The van der Waals surface area contributed by atoms with Crippen LogP contribution in [-0.2, 0) is 4.57 Å². The van der Waals surface area contributed by atoms with Crippen LogP contribution in [0, 0.1) is 0 Å². The smallest absolute Gasteiger partial charge is 0.338 e. The van der Waals surface area contributed by atoms with Crippen LogP contribution in [0.25, 0.3) is 6.08 Å². The summed E-state index contributed by atoms with van der Waals surface area (Å²) in [7, 11) is -2.83. The van der Waals surface area contributed by atoms with Crippen LogP contribution in [0.5, 0.6) is 5.75 Å². The molecule has 2 N–H and O–H groups in total. The highest BCUT2D eigenvalue weighted by molar-refractivity contribution is 7.75. The van der Waals surface area contributed by atoms with Gasteiger partial charge in [-0.05, 0) is 48.5 Å². The highest BCUT2D eigenvalue weighted by Gasteiger charge is 2.40. The van der Waals surface area contributed by atoms with E-state index in [1.54, 1.807) is 24.0 Å². The molecule has 1 saturated carbocycles. The van der Waals surface area contributed by atoms with E-state index in [1.165, 1.54) is 24.3 Å². The van der Waals surface area contributed by atoms with Crippen molar-refractivity contribution in [2.45, 2.75) is 18.5 Å². The van der Waals surface area contributed by atoms with Crippen molar-refractivity contribution >= 4 is 47.7 Å². The Balaban J connectivity index is 1.99. The van der Waals surface area contributed by atoms with Crippen molar-refractivity contribution in [3.8, 4) is 5.75 Å². The van der Waals surface area contributed by atoms with Crippen molar-refractivity contribution in [3.05, 3.63) is 63.4 Å². The summed E-state index contributed by atoms with van der Waals surface area (Å²) in [6.45, 7) is 0. The standard InChI is InChI=1S/C18H15Cl2O4P/c19-15-8-11(9-16(20)17(15)18(22)23)6-7-25(24,13-4-5-13)14-3-1-2-12(21)10-14/h1-3,6-10,13,21H,4-5H2,(H,22,23)/b7-6+. The van der Waals surface area contributed by atoms with E-state index < -0.39 is 13.1 Å². The second kappa shape index (κ2) is 6.87. The molecular formula is C18H15Cl2O4P. The molecule has 0 heterocycles. The van der Waals surface area contributed by atoms with Crippen LogP contribution < -0.4 is 5.30 Å². The van der Waals surface area contributed by atoms with E-state index in [2.05, 4.69) is 0 Å². The van der Waals surface area contributed by atoms with Crippen LogP contribution in [0.1, 0.15) is 28.8 Å². The largest absolute Gasteiger partial charge is 0.508 e. The lowest BCUT2D eigenvalue weighted by molar-refractivity contribution is 0.0697. The van der Waals surface area contributed by atoms with Crippen LogP contribution in [0.2, 0.25) is 10.0 Å². The van der Waals surface area contributed by atoms with Crippen molar-refractivity contribution in [2.75, 3.05) is 0 Å². The molecule has 25 heavy (non-hydrogen) atoms. The maximum atomic E-state index is 13.5. The molecule has 1 unspecified atom stereocenters. The van der Waals surface area contributed by atoms with Crippen molar-refractivity contribution in [3.63, 3.8) is 0 Å². The van der Waals surface area contributed by atoms with E-state index in [9.17, 15) is 14.5 Å². The molecule has 3 rings (SSSR count). The number of carbonyl (C=O) groups is 1. The van der Waals surface area contributed by atoms with Crippen molar-refractivity contribution < 1.29 is 19.6 Å². The third-order valence-corrected chi connectivity index (χ3v) is 7.96. The zero-order valence-electron chi connectivity index (χ0n) is 13.0. The van der Waals surface area contributed by atoms with Gasteiger partial charge in [0.2, 0.25) is 0 Å². The first-order valence-electron chi connectivity index (χ1n) is 7.62. The summed E-state index contributed by atoms with van der Waals surface area (Å²) in [5.74, 6) is 0.514. The molecule has 2 aromatic carbocycles. The summed E-state index contributed by atoms with van der Waals surface area (Å²) >= 11 is 12.0. The van der Waals surface area contributed by atoms with E-state index >= 15 is 0 Å². The van der Waals surface area contributed by atoms with Crippen LogP contribution in [-0.4, -0.2) is 21.8 Å². The molecule has 1 fully saturated rings. The number of rotatable bonds is 5. The highest BCUT2D eigenvalue weighted by Crippen LogP contribution is 2.61. The van der Waals surface area contributed by atoms with Gasteiger partial charge in [0.15, 0.2) is 0 Å². The number of hydrogen-bond acceptors (Lipinski definition) is 3. The third kappa shape index (κ3) is 3.77. The van der Waals surface area contributed by atoms with Gasteiger partial charge in [-0.15, -0.1) is 0 Å². The second-order valence-electron chi connectivity index (χ2n) is 5.94. The number of phenolic OH excluding ortho intramolecular Hbond substituents is 1. The summed E-state index contributed by atoms with van der Waals surface area (Å²) < 4.78 is 13.5. The molecule has 0 aliphatic heterocycles. The van der Waals surface area contributed by atoms with E-state index in [0.29, 0.717) is 10.9 Å². The maximum absolute atomic E-state index is 13.5. The highest BCUT2D eigenvalue weighted by atomic mass is 35.5. The molecule has 0 radical (unpaired) electrons. The molecule has 0 spiro atoms. The molecule has 1 aliphatic carbocycles. The Kier molecular flexibility index (Phi) is 4.97. The predicted molar refractivity (Wildman–Crippen MR) is 101 cm³/mol. The van der Waals surface area contributed by atoms with Crippen LogP contribution in [0.15, 0.2) is 42.2 Å². The van der Waals surface area contributed by atoms with Gasteiger partial charge in [0.25, 0.3) is 0 Å². The molecule has 0 amide bonds. The number of hydrogen-bond donors (Lipinski definition) is 2. The topological polar surface area (TPSA) is 74.6 Å². The van der Waals surface area contributed by atoms with Gasteiger partial charge in [-0.25, -0.2) is 4.79 Å². The molecule has 0 bridgehead atoms. The Hall–Kier alpha value is -1.74. The van der Waals surface area contributed by atoms with E-state index in [1.807, 2.05) is 0 Å². The van der Waals surface area contributed by atoms with Gasteiger partial charge >= 0.3 is 5.97 Å². The first-order valence-corrected chi connectivity index (χ1v) is 10.2. The number of aromatic hydroxyl groups is 1. The van der Waals surface area contributed by atoms with Crippen molar-refractivity contribution in [1.29, 1.82) is 0 Å². The number of halogens is 2. The van der Waals surface area contributed by atoms with Crippen LogP contribution in [0.4, 0.5) is 0 Å². The monoisotopic (exact) mass is 396 g/mol. The molecular weight excluding hydrogens is 382 g/mol. The molecule has 1 atom stereocenters. The zero-order chi connectivity index (χ0) is 18.2. The van der Waals surface area contributed by atoms with Gasteiger partial charge in [-0.1, -0.05) is 41.4 Å². The number of phenols is 1. The summed E-state index contributed by atoms with van der Waals surface area (Å²) in [4.78, 5) is 11.1. The van der Waals surface area contributed by atoms with E-state index in [4.69, 9.17) is 28.3 Å². The summed E-state index contributed by atoms with van der Waals surface area (Å²) in [5.41, 5.74) is 0.481. The average Bonchev–Trinajstić information content (AvgIpc) is 3.37. The molecule has 0 saturated heterocycles. The molecule has 4 nitrogen and oxygen atoms in total. The first-order chi connectivity index (χ1) is 11.8. The van der Waals surface area contributed by atoms with Crippen LogP contribution >= 0.6 is 30.3 Å². The quantitative estimate of drug-likeness (QED) is 0.679. The fourth-order valence-electron chi connectivity index (χ4n) is 2.68. The van der Waals surface area contributed by atoms with Gasteiger partial charge in [0.05, 0.1) is 15.6 Å². The number of carboxylic acid groups (broad SMARTS) is 1. The predicted octanol–water partition coefficient (Wildman–Crippen LogP) is 5.22.